The minimum absolute atomic E-state index is 0.00865. The highest BCUT2D eigenvalue weighted by Gasteiger charge is 2.34. The zero-order chi connectivity index (χ0) is 12.6. The predicted molar refractivity (Wildman–Crippen MR) is 66.0 cm³/mol. The highest BCUT2D eigenvalue weighted by molar-refractivity contribution is 5.46. The zero-order valence-corrected chi connectivity index (χ0v) is 10.7. The van der Waals surface area contributed by atoms with Crippen LogP contribution >= 0.6 is 0 Å². The summed E-state index contributed by atoms with van der Waals surface area (Å²) in [5.41, 5.74) is 0.746. The van der Waals surface area contributed by atoms with Crippen LogP contribution in [0.1, 0.15) is 25.7 Å². The van der Waals surface area contributed by atoms with Gasteiger partial charge in [0.2, 0.25) is 11.7 Å². The van der Waals surface area contributed by atoms with Crippen molar-refractivity contribution in [3.05, 3.63) is 18.2 Å². The average molecular weight is 247 g/mol. The lowest BCUT2D eigenvalue weighted by molar-refractivity contribution is 0.241. The summed E-state index contributed by atoms with van der Waals surface area (Å²) >= 11 is 0. The summed E-state index contributed by atoms with van der Waals surface area (Å²) in [4.78, 5) is 4.51. The van der Waals surface area contributed by atoms with Crippen molar-refractivity contribution in [3.8, 4) is 11.5 Å². The molecule has 2 aromatic heterocycles. The number of nitrogens with one attached hydrogen (secondary N) is 1. The molecule has 96 valence electrons. The number of rotatable bonds is 2. The van der Waals surface area contributed by atoms with Crippen LogP contribution in [0.3, 0.4) is 0 Å². The summed E-state index contributed by atoms with van der Waals surface area (Å²) in [5.74, 6) is 1.30. The predicted octanol–water partition coefficient (Wildman–Crippen LogP) is 1.11. The molecule has 3 rings (SSSR count). The van der Waals surface area contributed by atoms with E-state index in [0.717, 1.165) is 37.5 Å². The molecule has 18 heavy (non-hydrogen) atoms. The molecule has 1 aliphatic rings. The Morgan fingerprint density at radius 1 is 1.39 bits per heavy atom. The summed E-state index contributed by atoms with van der Waals surface area (Å²) in [6.45, 7) is 4.18. The number of nitrogens with zero attached hydrogens (tertiary/aromatic N) is 4. The molecule has 3 heterocycles. The number of piperidine rings is 1. The van der Waals surface area contributed by atoms with E-state index in [1.54, 1.807) is 4.68 Å². The van der Waals surface area contributed by atoms with E-state index in [-0.39, 0.29) is 5.41 Å². The summed E-state index contributed by atoms with van der Waals surface area (Å²) < 4.78 is 7.17. The van der Waals surface area contributed by atoms with E-state index in [2.05, 4.69) is 27.5 Å². The Hall–Kier alpha value is -1.69. The first-order valence-electron chi connectivity index (χ1n) is 6.22. The molecule has 1 saturated heterocycles. The maximum atomic E-state index is 5.43. The molecule has 0 spiro atoms. The minimum Gasteiger partial charge on any atom is -0.338 e. The van der Waals surface area contributed by atoms with Gasteiger partial charge in [0.15, 0.2) is 0 Å². The van der Waals surface area contributed by atoms with Gasteiger partial charge in [0.05, 0.1) is 0 Å². The fraction of sp³-hybridized carbons (Fsp3) is 0.583. The van der Waals surface area contributed by atoms with Crippen molar-refractivity contribution in [3.63, 3.8) is 0 Å². The van der Waals surface area contributed by atoms with Gasteiger partial charge < -0.3 is 9.84 Å². The molecule has 0 bridgehead atoms. The largest absolute Gasteiger partial charge is 0.338 e. The van der Waals surface area contributed by atoms with Crippen molar-refractivity contribution in [2.24, 2.45) is 7.05 Å². The average Bonchev–Trinajstić information content (AvgIpc) is 2.98. The van der Waals surface area contributed by atoms with Gasteiger partial charge in [0, 0.05) is 18.7 Å². The van der Waals surface area contributed by atoms with Crippen molar-refractivity contribution < 1.29 is 4.52 Å². The molecule has 0 unspecified atom stereocenters. The molecule has 1 aliphatic heterocycles. The van der Waals surface area contributed by atoms with Crippen LogP contribution in [0.2, 0.25) is 0 Å². The minimum atomic E-state index is -0.00865. The van der Waals surface area contributed by atoms with Crippen molar-refractivity contribution in [1.82, 2.24) is 25.2 Å². The molecule has 0 atom stereocenters. The standard InChI is InChI=1S/C12H17N5O/c1-12(4-6-13-7-5-12)11-14-10(16-18-11)9-3-8-17(2)15-9/h3,8,13H,4-7H2,1-2H3. The maximum absolute atomic E-state index is 5.43. The van der Waals surface area contributed by atoms with E-state index in [1.807, 2.05) is 19.3 Å². The third-order valence-corrected chi connectivity index (χ3v) is 3.59. The van der Waals surface area contributed by atoms with Crippen molar-refractivity contribution in [2.75, 3.05) is 13.1 Å². The molecule has 0 aromatic carbocycles. The number of aromatic nitrogens is 4. The molecule has 6 heteroatoms. The quantitative estimate of drug-likeness (QED) is 0.861. The molecular formula is C12H17N5O. The summed E-state index contributed by atoms with van der Waals surface area (Å²) in [5, 5.41) is 11.7. The van der Waals surface area contributed by atoms with Crippen molar-refractivity contribution in [1.29, 1.82) is 0 Å². The highest BCUT2D eigenvalue weighted by Crippen LogP contribution is 2.32. The first kappa shape index (κ1) is 11.4. The Labute approximate surface area is 105 Å². The number of hydrogen-bond donors (Lipinski definition) is 1. The number of hydrogen-bond acceptors (Lipinski definition) is 5. The van der Waals surface area contributed by atoms with Crippen LogP contribution in [-0.2, 0) is 12.5 Å². The van der Waals surface area contributed by atoms with Gasteiger partial charge in [0.25, 0.3) is 0 Å². The van der Waals surface area contributed by atoms with Crippen LogP contribution in [-0.4, -0.2) is 33.0 Å². The lowest BCUT2D eigenvalue weighted by atomic mass is 9.81. The lowest BCUT2D eigenvalue weighted by Gasteiger charge is -2.30. The molecule has 6 nitrogen and oxygen atoms in total. The third kappa shape index (κ3) is 1.92. The van der Waals surface area contributed by atoms with Crippen molar-refractivity contribution >= 4 is 0 Å². The van der Waals surface area contributed by atoms with Gasteiger partial charge in [-0.15, -0.1) is 0 Å². The van der Waals surface area contributed by atoms with Crippen LogP contribution < -0.4 is 5.32 Å². The first-order chi connectivity index (χ1) is 8.67. The summed E-state index contributed by atoms with van der Waals surface area (Å²) in [7, 11) is 1.87. The summed E-state index contributed by atoms with van der Waals surface area (Å²) in [6, 6.07) is 1.89. The molecule has 2 aromatic rings. The van der Waals surface area contributed by atoms with Crippen LogP contribution in [0.15, 0.2) is 16.8 Å². The SMILES string of the molecule is Cn1ccc(-c2noc(C3(C)CCNCC3)n2)n1. The molecular weight excluding hydrogens is 230 g/mol. The van der Waals surface area contributed by atoms with E-state index in [1.165, 1.54) is 0 Å². The van der Waals surface area contributed by atoms with Gasteiger partial charge in [-0.05, 0) is 32.0 Å². The van der Waals surface area contributed by atoms with Gasteiger partial charge in [-0.1, -0.05) is 12.1 Å². The molecule has 1 N–H and O–H groups in total. The highest BCUT2D eigenvalue weighted by atomic mass is 16.5. The maximum Gasteiger partial charge on any atom is 0.233 e. The van der Waals surface area contributed by atoms with Gasteiger partial charge >= 0.3 is 0 Å². The monoisotopic (exact) mass is 247 g/mol. The van der Waals surface area contributed by atoms with Crippen LogP contribution in [0, 0.1) is 0 Å². The normalized spacial score (nSPS) is 19.0. The molecule has 0 amide bonds. The van der Waals surface area contributed by atoms with E-state index in [0.29, 0.717) is 5.82 Å². The van der Waals surface area contributed by atoms with E-state index in [4.69, 9.17) is 4.52 Å². The summed E-state index contributed by atoms with van der Waals surface area (Å²) in [6.07, 6.45) is 3.92. The third-order valence-electron chi connectivity index (χ3n) is 3.59. The fourth-order valence-electron chi connectivity index (χ4n) is 2.30. The second-order valence-corrected chi connectivity index (χ2v) is 5.11. The molecule has 0 radical (unpaired) electrons. The Morgan fingerprint density at radius 3 is 2.83 bits per heavy atom. The van der Waals surface area contributed by atoms with E-state index < -0.39 is 0 Å². The van der Waals surface area contributed by atoms with Crippen LogP contribution in [0.5, 0.6) is 0 Å². The molecule has 0 saturated carbocycles. The second kappa shape index (κ2) is 4.20. The number of aryl methyl sites for hydroxylation is 1. The Balaban J connectivity index is 1.89. The van der Waals surface area contributed by atoms with Gasteiger partial charge in [0.1, 0.15) is 5.69 Å². The topological polar surface area (TPSA) is 68.8 Å². The van der Waals surface area contributed by atoms with Gasteiger partial charge in [-0.2, -0.15) is 10.1 Å². The van der Waals surface area contributed by atoms with Crippen molar-refractivity contribution in [2.45, 2.75) is 25.2 Å². The molecule has 0 aliphatic carbocycles. The van der Waals surface area contributed by atoms with E-state index in [9.17, 15) is 0 Å². The smallest absolute Gasteiger partial charge is 0.233 e. The lowest BCUT2D eigenvalue weighted by Crippen LogP contribution is -2.37. The van der Waals surface area contributed by atoms with Crippen LogP contribution in [0.4, 0.5) is 0 Å². The first-order valence-corrected chi connectivity index (χ1v) is 6.22. The van der Waals surface area contributed by atoms with Crippen LogP contribution in [0.25, 0.3) is 11.5 Å². The Morgan fingerprint density at radius 2 is 2.17 bits per heavy atom. The van der Waals surface area contributed by atoms with Gasteiger partial charge in [-0.3, -0.25) is 4.68 Å². The van der Waals surface area contributed by atoms with Gasteiger partial charge in [-0.25, -0.2) is 0 Å². The molecule has 1 fully saturated rings. The Kier molecular flexibility index (Phi) is 2.66. The Bertz CT molecular complexity index is 538. The fourth-order valence-corrected chi connectivity index (χ4v) is 2.30. The second-order valence-electron chi connectivity index (χ2n) is 5.11. The van der Waals surface area contributed by atoms with E-state index >= 15 is 0 Å². The zero-order valence-electron chi connectivity index (χ0n) is 10.7.